The number of nitrogens with zero attached hydrogens (tertiary/aromatic N) is 1. The van der Waals surface area contributed by atoms with Crippen molar-refractivity contribution in [2.45, 2.75) is 12.6 Å². The number of hydrogen-bond donors (Lipinski definition) is 2. The fourth-order valence-electron chi connectivity index (χ4n) is 1.63. The van der Waals surface area contributed by atoms with Gasteiger partial charge in [-0.15, -0.1) is 0 Å². The Morgan fingerprint density at radius 1 is 1.35 bits per heavy atom. The molecule has 0 unspecified atom stereocenters. The molecular formula is C12H8F3IN2O2. The van der Waals surface area contributed by atoms with Crippen LogP contribution in [-0.4, -0.2) is 15.1 Å². The predicted molar refractivity (Wildman–Crippen MR) is 73.5 cm³/mol. The van der Waals surface area contributed by atoms with E-state index in [9.17, 15) is 23.1 Å². The number of hydrogen-bond acceptors (Lipinski definition) is 3. The molecule has 0 aliphatic rings. The van der Waals surface area contributed by atoms with Crippen molar-refractivity contribution >= 4 is 22.6 Å². The van der Waals surface area contributed by atoms with E-state index in [1.807, 2.05) is 0 Å². The van der Waals surface area contributed by atoms with E-state index in [2.05, 4.69) is 9.97 Å². The third kappa shape index (κ3) is 3.30. The Morgan fingerprint density at radius 2 is 2.05 bits per heavy atom. The van der Waals surface area contributed by atoms with Gasteiger partial charge in [-0.25, -0.2) is 0 Å². The molecular weight excluding hydrogens is 388 g/mol. The van der Waals surface area contributed by atoms with Crippen LogP contribution in [0.2, 0.25) is 0 Å². The van der Waals surface area contributed by atoms with Gasteiger partial charge in [0.1, 0.15) is 9.39 Å². The molecule has 8 heteroatoms. The lowest BCUT2D eigenvalue weighted by Crippen LogP contribution is -2.15. The van der Waals surface area contributed by atoms with Crippen LogP contribution in [0.15, 0.2) is 29.1 Å². The molecule has 2 rings (SSSR count). The minimum absolute atomic E-state index is 0.0103. The zero-order valence-electron chi connectivity index (χ0n) is 9.83. The molecule has 0 saturated heterocycles. The van der Waals surface area contributed by atoms with Crippen LogP contribution in [0.25, 0.3) is 0 Å². The van der Waals surface area contributed by atoms with Gasteiger partial charge >= 0.3 is 6.18 Å². The van der Waals surface area contributed by atoms with Crippen molar-refractivity contribution in [2.75, 3.05) is 0 Å². The molecule has 0 fully saturated rings. The highest BCUT2D eigenvalue weighted by Crippen LogP contribution is 2.29. The summed E-state index contributed by atoms with van der Waals surface area (Å²) in [5, 5.41) is 9.42. The third-order valence-corrected chi connectivity index (χ3v) is 3.49. The summed E-state index contributed by atoms with van der Waals surface area (Å²) in [7, 11) is 0. The molecule has 0 bridgehead atoms. The van der Waals surface area contributed by atoms with Crippen LogP contribution < -0.4 is 5.56 Å². The van der Waals surface area contributed by atoms with Crippen molar-refractivity contribution in [2.24, 2.45) is 0 Å². The van der Waals surface area contributed by atoms with Gasteiger partial charge in [-0.2, -0.15) is 18.2 Å². The van der Waals surface area contributed by atoms with E-state index in [-0.39, 0.29) is 15.8 Å². The van der Waals surface area contributed by atoms with E-state index < -0.39 is 23.2 Å². The molecule has 1 heterocycles. The van der Waals surface area contributed by atoms with Crippen molar-refractivity contribution in [3.05, 3.63) is 55.1 Å². The molecule has 1 aromatic carbocycles. The van der Waals surface area contributed by atoms with E-state index in [0.29, 0.717) is 5.56 Å². The molecule has 0 aliphatic heterocycles. The SMILES string of the molecule is O=c1[nH]c(Cc2cccc(C(F)(F)F)c2)nc(O)c1I. The Balaban J connectivity index is 2.33. The molecule has 20 heavy (non-hydrogen) atoms. The minimum atomic E-state index is -4.43. The quantitative estimate of drug-likeness (QED) is 0.768. The second kappa shape index (κ2) is 5.43. The maximum Gasteiger partial charge on any atom is 0.416 e. The number of nitrogens with one attached hydrogen (secondary N) is 1. The average molecular weight is 396 g/mol. The maximum atomic E-state index is 12.6. The number of benzene rings is 1. The fraction of sp³-hybridized carbons (Fsp3) is 0.167. The highest BCUT2D eigenvalue weighted by molar-refractivity contribution is 14.1. The largest absolute Gasteiger partial charge is 0.492 e. The van der Waals surface area contributed by atoms with Gasteiger partial charge in [0.05, 0.1) is 5.56 Å². The highest BCUT2D eigenvalue weighted by Gasteiger charge is 2.30. The smallest absolute Gasteiger partial charge is 0.416 e. The lowest BCUT2D eigenvalue weighted by molar-refractivity contribution is -0.137. The highest BCUT2D eigenvalue weighted by atomic mass is 127. The molecule has 1 aromatic heterocycles. The van der Waals surface area contributed by atoms with Crippen molar-refractivity contribution in [1.29, 1.82) is 0 Å². The van der Waals surface area contributed by atoms with Crippen molar-refractivity contribution in [3.63, 3.8) is 0 Å². The zero-order chi connectivity index (χ0) is 14.9. The van der Waals surface area contributed by atoms with Crippen molar-refractivity contribution in [3.8, 4) is 5.88 Å². The maximum absolute atomic E-state index is 12.6. The number of rotatable bonds is 2. The first-order chi connectivity index (χ1) is 9.27. The second-order valence-corrected chi connectivity index (χ2v) is 5.10. The number of halogens is 4. The number of aromatic nitrogens is 2. The van der Waals surface area contributed by atoms with E-state index in [0.717, 1.165) is 12.1 Å². The molecule has 0 aliphatic carbocycles. The first kappa shape index (κ1) is 14.8. The molecule has 0 atom stereocenters. The summed E-state index contributed by atoms with van der Waals surface area (Å²) in [6.45, 7) is 0. The molecule has 0 saturated carbocycles. The Hall–Kier alpha value is -1.58. The molecule has 0 spiro atoms. The second-order valence-electron chi connectivity index (χ2n) is 4.03. The molecule has 0 amide bonds. The number of alkyl halides is 3. The van der Waals surface area contributed by atoms with Crippen LogP contribution in [0, 0.1) is 3.57 Å². The van der Waals surface area contributed by atoms with Gasteiger partial charge < -0.3 is 10.1 Å². The van der Waals surface area contributed by atoms with Crippen LogP contribution >= 0.6 is 22.6 Å². The Labute approximate surface area is 124 Å². The normalized spacial score (nSPS) is 11.6. The summed E-state index contributed by atoms with van der Waals surface area (Å²) in [5.74, 6) is -0.330. The van der Waals surface area contributed by atoms with Gasteiger partial charge in [-0.05, 0) is 34.2 Å². The predicted octanol–water partition coefficient (Wildman–Crippen LogP) is 2.69. The van der Waals surface area contributed by atoms with Gasteiger partial charge in [0, 0.05) is 6.42 Å². The van der Waals surface area contributed by atoms with E-state index in [4.69, 9.17) is 0 Å². The molecule has 2 aromatic rings. The first-order valence-electron chi connectivity index (χ1n) is 5.41. The summed E-state index contributed by atoms with van der Waals surface area (Å²) in [5.41, 5.74) is -0.962. The van der Waals surface area contributed by atoms with Crippen LogP contribution in [0.3, 0.4) is 0 Å². The Kier molecular flexibility index (Phi) is 4.02. The molecule has 106 valence electrons. The summed E-state index contributed by atoms with van der Waals surface area (Å²) in [6.07, 6.45) is -4.44. The van der Waals surface area contributed by atoms with Crippen molar-refractivity contribution < 1.29 is 18.3 Å². The summed E-state index contributed by atoms with van der Waals surface area (Å²) in [4.78, 5) is 17.6. The van der Waals surface area contributed by atoms with Gasteiger partial charge in [-0.3, -0.25) is 4.79 Å². The van der Waals surface area contributed by atoms with Gasteiger partial charge in [0.25, 0.3) is 5.56 Å². The van der Waals surface area contributed by atoms with Crippen molar-refractivity contribution in [1.82, 2.24) is 9.97 Å². The standard InChI is InChI=1S/C12H8F3IN2O2/c13-12(14,15)7-3-1-2-6(4-7)5-8-17-10(19)9(16)11(20)18-8/h1-4H,5H2,(H2,17,18,19,20). The van der Waals surface area contributed by atoms with Crippen LogP contribution in [0.4, 0.5) is 13.2 Å². The Bertz CT molecular complexity index is 698. The monoisotopic (exact) mass is 396 g/mol. The summed E-state index contributed by atoms with van der Waals surface area (Å²) >= 11 is 1.63. The van der Waals surface area contributed by atoms with Gasteiger partial charge in [0.15, 0.2) is 0 Å². The molecule has 0 radical (unpaired) electrons. The topological polar surface area (TPSA) is 66.0 Å². The molecule has 4 nitrogen and oxygen atoms in total. The van der Waals surface area contributed by atoms with Crippen LogP contribution in [-0.2, 0) is 12.6 Å². The average Bonchev–Trinajstić information content (AvgIpc) is 2.35. The first-order valence-corrected chi connectivity index (χ1v) is 6.49. The van der Waals surface area contributed by atoms with Gasteiger partial charge in [-0.1, -0.05) is 18.2 Å². The van der Waals surface area contributed by atoms with Crippen LogP contribution in [0.5, 0.6) is 5.88 Å². The number of aromatic hydroxyl groups is 1. The van der Waals surface area contributed by atoms with Crippen LogP contribution in [0.1, 0.15) is 17.0 Å². The van der Waals surface area contributed by atoms with E-state index >= 15 is 0 Å². The number of H-pyrrole nitrogens is 1. The van der Waals surface area contributed by atoms with E-state index in [1.54, 1.807) is 22.6 Å². The molecule has 2 N–H and O–H groups in total. The summed E-state index contributed by atoms with van der Waals surface area (Å²) < 4.78 is 37.8. The summed E-state index contributed by atoms with van der Waals surface area (Å²) in [6, 6.07) is 4.72. The number of aromatic amines is 1. The van der Waals surface area contributed by atoms with Gasteiger partial charge in [0.2, 0.25) is 5.88 Å². The van der Waals surface area contributed by atoms with E-state index in [1.165, 1.54) is 12.1 Å². The lowest BCUT2D eigenvalue weighted by Gasteiger charge is -2.08. The Morgan fingerprint density at radius 3 is 2.65 bits per heavy atom. The minimum Gasteiger partial charge on any atom is -0.492 e. The fourth-order valence-corrected chi connectivity index (χ4v) is 1.88. The lowest BCUT2D eigenvalue weighted by atomic mass is 10.1. The third-order valence-electron chi connectivity index (χ3n) is 2.52. The zero-order valence-corrected chi connectivity index (χ0v) is 12.0.